The summed E-state index contributed by atoms with van der Waals surface area (Å²) < 4.78 is 17.6. The molecule has 0 unspecified atom stereocenters. The van der Waals surface area contributed by atoms with E-state index < -0.39 is 23.6 Å². The number of benzene rings is 1. The molecule has 4 nitrogen and oxygen atoms in total. The molecule has 0 fully saturated rings. The normalized spacial score (nSPS) is 11.5. The van der Waals surface area contributed by atoms with Crippen molar-refractivity contribution in [3.8, 4) is 5.75 Å². The van der Waals surface area contributed by atoms with Crippen LogP contribution in [0.2, 0.25) is 0 Å². The second-order valence-corrected chi connectivity index (χ2v) is 3.51. The third-order valence-corrected chi connectivity index (χ3v) is 2.37. The molecule has 6 heteroatoms. The number of phenols is 1. The third kappa shape index (κ3) is 3.57. The fourth-order valence-corrected chi connectivity index (χ4v) is 1.52. The average molecular weight is 264 g/mol. The Labute approximate surface area is 105 Å². The number of halogens is 2. The van der Waals surface area contributed by atoms with Crippen LogP contribution in [0.4, 0.5) is 4.39 Å². The molecular formula is C11H15ClFNO3. The number of ether oxygens (including phenoxy) is 1. The Hall–Kier alpha value is -1.33. The van der Waals surface area contributed by atoms with Gasteiger partial charge in [-0.3, -0.25) is 4.79 Å². The van der Waals surface area contributed by atoms with Gasteiger partial charge in [0.1, 0.15) is 0 Å². The van der Waals surface area contributed by atoms with Crippen molar-refractivity contribution >= 4 is 18.4 Å². The molecule has 17 heavy (non-hydrogen) atoms. The Morgan fingerprint density at radius 1 is 1.59 bits per heavy atom. The molecule has 1 atom stereocenters. The van der Waals surface area contributed by atoms with Crippen LogP contribution in [0.15, 0.2) is 12.1 Å². The minimum atomic E-state index is -0.775. The second kappa shape index (κ2) is 6.42. The summed E-state index contributed by atoms with van der Waals surface area (Å²) in [6.45, 7) is 1.69. The van der Waals surface area contributed by atoms with Gasteiger partial charge in [-0.05, 0) is 18.6 Å². The van der Waals surface area contributed by atoms with E-state index in [9.17, 15) is 14.3 Å². The first kappa shape index (κ1) is 15.7. The minimum Gasteiger partial charge on any atom is -0.505 e. The number of carbonyl (C=O) groups excluding carboxylic acids is 1. The van der Waals surface area contributed by atoms with E-state index in [1.807, 2.05) is 0 Å². The quantitative estimate of drug-likeness (QED) is 0.816. The second-order valence-electron chi connectivity index (χ2n) is 3.51. The standard InChI is InChI=1S/C11H14FNO3.ClH/c1-6-3-4-7(12)11(15)10(6)8(13)5-9(14)16-2;/h3-4,8,15H,5,13H2,1-2H3;1H/t8-;/m1./s1. The lowest BCUT2D eigenvalue weighted by molar-refractivity contribution is -0.141. The summed E-state index contributed by atoms with van der Waals surface area (Å²) in [7, 11) is 1.24. The molecule has 0 saturated carbocycles. The molecule has 0 heterocycles. The number of rotatable bonds is 3. The highest BCUT2D eigenvalue weighted by molar-refractivity contribution is 5.85. The number of aromatic hydroxyl groups is 1. The maximum absolute atomic E-state index is 13.1. The van der Waals surface area contributed by atoms with Crippen molar-refractivity contribution < 1.29 is 19.0 Å². The number of phenolic OH excluding ortho intramolecular Hbond substituents is 1. The van der Waals surface area contributed by atoms with E-state index in [0.717, 1.165) is 6.07 Å². The Morgan fingerprint density at radius 2 is 2.18 bits per heavy atom. The largest absolute Gasteiger partial charge is 0.505 e. The molecule has 1 aromatic rings. The lowest BCUT2D eigenvalue weighted by atomic mass is 9.98. The molecule has 0 bridgehead atoms. The molecule has 0 spiro atoms. The van der Waals surface area contributed by atoms with Gasteiger partial charge in [0.25, 0.3) is 0 Å². The molecule has 1 rings (SSSR count). The van der Waals surface area contributed by atoms with Crippen LogP contribution in [-0.2, 0) is 9.53 Å². The smallest absolute Gasteiger partial charge is 0.307 e. The van der Waals surface area contributed by atoms with Gasteiger partial charge in [-0.1, -0.05) is 6.07 Å². The molecule has 0 amide bonds. The number of esters is 1. The average Bonchev–Trinajstić information content (AvgIpc) is 2.24. The topological polar surface area (TPSA) is 72.5 Å². The zero-order valence-electron chi connectivity index (χ0n) is 9.57. The van der Waals surface area contributed by atoms with Crippen molar-refractivity contribution in [3.63, 3.8) is 0 Å². The van der Waals surface area contributed by atoms with E-state index in [2.05, 4.69) is 4.74 Å². The number of hydrogen-bond acceptors (Lipinski definition) is 4. The van der Waals surface area contributed by atoms with E-state index in [-0.39, 0.29) is 24.4 Å². The number of nitrogens with two attached hydrogens (primary N) is 1. The van der Waals surface area contributed by atoms with Crippen molar-refractivity contribution in [3.05, 3.63) is 29.1 Å². The molecule has 96 valence electrons. The Morgan fingerprint density at radius 3 is 2.71 bits per heavy atom. The highest BCUT2D eigenvalue weighted by Crippen LogP contribution is 2.30. The van der Waals surface area contributed by atoms with Gasteiger partial charge in [-0.15, -0.1) is 12.4 Å². The number of hydrogen-bond donors (Lipinski definition) is 2. The third-order valence-electron chi connectivity index (χ3n) is 2.37. The van der Waals surface area contributed by atoms with Gasteiger partial charge in [-0.25, -0.2) is 4.39 Å². The van der Waals surface area contributed by atoms with Crippen molar-refractivity contribution in [2.75, 3.05) is 7.11 Å². The molecule has 0 radical (unpaired) electrons. The lowest BCUT2D eigenvalue weighted by Crippen LogP contribution is -2.17. The summed E-state index contributed by atoms with van der Waals surface area (Å²) in [6, 6.07) is 1.88. The predicted molar refractivity (Wildman–Crippen MR) is 63.6 cm³/mol. The van der Waals surface area contributed by atoms with Crippen molar-refractivity contribution in [1.82, 2.24) is 0 Å². The zero-order chi connectivity index (χ0) is 12.3. The Balaban J connectivity index is 0.00000256. The van der Waals surface area contributed by atoms with Crippen LogP contribution in [0.1, 0.15) is 23.6 Å². The van der Waals surface area contributed by atoms with Crippen LogP contribution in [0.3, 0.4) is 0 Å². The first-order chi connectivity index (χ1) is 7.47. The number of aryl methyl sites for hydroxylation is 1. The van der Waals surface area contributed by atoms with Crippen LogP contribution in [0.5, 0.6) is 5.75 Å². The molecule has 0 aliphatic rings. The van der Waals surface area contributed by atoms with Crippen molar-refractivity contribution in [2.24, 2.45) is 5.73 Å². The van der Waals surface area contributed by atoms with Crippen molar-refractivity contribution in [2.45, 2.75) is 19.4 Å². The maximum atomic E-state index is 13.1. The van der Waals surface area contributed by atoms with Crippen molar-refractivity contribution in [1.29, 1.82) is 0 Å². The molecule has 3 N–H and O–H groups in total. The summed E-state index contributed by atoms with van der Waals surface area (Å²) in [5.41, 5.74) is 6.59. The van der Waals surface area contributed by atoms with Gasteiger partial charge in [0.05, 0.1) is 13.5 Å². The first-order valence-electron chi connectivity index (χ1n) is 4.77. The molecule has 1 aromatic carbocycles. The maximum Gasteiger partial charge on any atom is 0.307 e. The fourth-order valence-electron chi connectivity index (χ4n) is 1.52. The van der Waals surface area contributed by atoms with Gasteiger partial charge >= 0.3 is 5.97 Å². The highest BCUT2D eigenvalue weighted by Gasteiger charge is 2.19. The number of carbonyl (C=O) groups is 1. The van der Waals surface area contributed by atoms with E-state index in [1.54, 1.807) is 6.92 Å². The van der Waals surface area contributed by atoms with Gasteiger partial charge in [0.15, 0.2) is 11.6 Å². The summed E-state index contributed by atoms with van der Waals surface area (Å²) in [4.78, 5) is 11.0. The van der Waals surface area contributed by atoms with Gasteiger partial charge in [0, 0.05) is 11.6 Å². The van der Waals surface area contributed by atoms with E-state index in [0.29, 0.717) is 5.56 Å². The van der Waals surface area contributed by atoms with Gasteiger partial charge in [-0.2, -0.15) is 0 Å². The Bertz CT molecular complexity index is 412. The van der Waals surface area contributed by atoms with Crippen LogP contribution in [-0.4, -0.2) is 18.2 Å². The van der Waals surface area contributed by atoms with Crippen LogP contribution >= 0.6 is 12.4 Å². The van der Waals surface area contributed by atoms with Gasteiger partial charge in [0.2, 0.25) is 0 Å². The van der Waals surface area contributed by atoms with Crippen LogP contribution < -0.4 is 5.73 Å². The number of methoxy groups -OCH3 is 1. The fraction of sp³-hybridized carbons (Fsp3) is 0.364. The molecule has 0 aliphatic heterocycles. The monoisotopic (exact) mass is 263 g/mol. The minimum absolute atomic E-state index is 0. The summed E-state index contributed by atoms with van der Waals surface area (Å²) in [5.74, 6) is -1.76. The first-order valence-corrected chi connectivity index (χ1v) is 4.77. The van der Waals surface area contributed by atoms with E-state index >= 15 is 0 Å². The summed E-state index contributed by atoms with van der Waals surface area (Å²) >= 11 is 0. The molecule has 0 saturated heterocycles. The van der Waals surface area contributed by atoms with E-state index in [1.165, 1.54) is 13.2 Å². The highest BCUT2D eigenvalue weighted by atomic mass is 35.5. The molecule has 0 aromatic heterocycles. The summed E-state index contributed by atoms with van der Waals surface area (Å²) in [5, 5.41) is 9.53. The lowest BCUT2D eigenvalue weighted by Gasteiger charge is -2.15. The molecule has 0 aliphatic carbocycles. The zero-order valence-corrected chi connectivity index (χ0v) is 10.4. The van der Waals surface area contributed by atoms with Crippen LogP contribution in [0, 0.1) is 12.7 Å². The van der Waals surface area contributed by atoms with E-state index in [4.69, 9.17) is 5.73 Å². The molecular weight excluding hydrogens is 249 g/mol. The predicted octanol–water partition coefficient (Wildman–Crippen LogP) is 1.82. The van der Waals surface area contributed by atoms with Crippen LogP contribution in [0.25, 0.3) is 0 Å². The van der Waals surface area contributed by atoms with Gasteiger partial charge < -0.3 is 15.6 Å². The Kier molecular flexibility index (Phi) is 5.91. The summed E-state index contributed by atoms with van der Waals surface area (Å²) in [6.07, 6.45) is -0.103. The SMILES string of the molecule is COC(=O)C[C@@H](N)c1c(C)ccc(F)c1O.Cl.